The fourth-order valence-electron chi connectivity index (χ4n) is 8.31. The molecule has 0 amide bonds. The molecule has 10 aromatic rings. The Morgan fingerprint density at radius 2 is 0.654 bits per heavy atom. The van der Waals surface area contributed by atoms with E-state index in [1.807, 2.05) is 0 Å². The van der Waals surface area contributed by atoms with Crippen molar-refractivity contribution in [2.24, 2.45) is 0 Å². The highest BCUT2D eigenvalue weighted by Gasteiger charge is 2.19. The van der Waals surface area contributed by atoms with Crippen LogP contribution in [0.15, 0.2) is 206 Å². The molecule has 0 heterocycles. The highest BCUT2D eigenvalue weighted by molar-refractivity contribution is 6.22. The molecule has 0 bridgehead atoms. The van der Waals surface area contributed by atoms with Crippen molar-refractivity contribution in [3.63, 3.8) is 0 Å². The highest BCUT2D eigenvalue weighted by Crippen LogP contribution is 2.46. The maximum atomic E-state index is 2.45. The first-order valence-electron chi connectivity index (χ1n) is 18.0. The molecule has 0 aliphatic rings. The van der Waals surface area contributed by atoms with E-state index in [2.05, 4.69) is 206 Å². The van der Waals surface area contributed by atoms with Crippen molar-refractivity contribution in [1.29, 1.82) is 0 Å². The molecule has 0 saturated heterocycles. The van der Waals surface area contributed by atoms with E-state index < -0.39 is 0 Å². The summed E-state index contributed by atoms with van der Waals surface area (Å²) in [5, 5.41) is 10.0. The molecular weight excluding hydrogens is 625 g/mol. The summed E-state index contributed by atoms with van der Waals surface area (Å²) in [5.74, 6) is 0. The van der Waals surface area contributed by atoms with E-state index in [1.165, 1.54) is 98.7 Å². The monoisotopic (exact) mass is 658 g/mol. The molecule has 0 radical (unpaired) electrons. The Hall–Kier alpha value is -6.76. The van der Waals surface area contributed by atoms with Crippen LogP contribution >= 0.6 is 0 Å². The van der Waals surface area contributed by atoms with E-state index in [1.54, 1.807) is 0 Å². The highest BCUT2D eigenvalue weighted by atomic mass is 14.2. The lowest BCUT2D eigenvalue weighted by Crippen LogP contribution is -1.93. The lowest BCUT2D eigenvalue weighted by atomic mass is 9.83. The van der Waals surface area contributed by atoms with Gasteiger partial charge in [0.05, 0.1) is 0 Å². The van der Waals surface area contributed by atoms with Crippen LogP contribution in [0.4, 0.5) is 0 Å². The number of rotatable bonds is 5. The summed E-state index contributed by atoms with van der Waals surface area (Å²) in [4.78, 5) is 0. The summed E-state index contributed by atoms with van der Waals surface area (Å²) < 4.78 is 0. The maximum absolute atomic E-state index is 2.45. The van der Waals surface area contributed by atoms with Crippen LogP contribution in [-0.4, -0.2) is 0 Å². The molecule has 0 atom stereocenters. The van der Waals surface area contributed by atoms with E-state index in [9.17, 15) is 0 Å². The molecule has 0 saturated carbocycles. The molecular formula is C52H34. The molecule has 0 aliphatic heterocycles. The van der Waals surface area contributed by atoms with Crippen LogP contribution in [-0.2, 0) is 0 Å². The fourth-order valence-corrected chi connectivity index (χ4v) is 8.31. The average molecular weight is 659 g/mol. The van der Waals surface area contributed by atoms with Gasteiger partial charge in [0.2, 0.25) is 0 Å². The zero-order valence-corrected chi connectivity index (χ0v) is 28.6. The Balaban J connectivity index is 1.30. The molecule has 0 heteroatoms. The SMILES string of the molecule is c1ccc(-c2cccc(-c3c(-c4cccc5ccccc45)ccc4ccc(-c5c6ccccc6c(-c6ccccc6)c6ccccc56)cc34)c2)cc1. The molecule has 52 heavy (non-hydrogen) atoms. The lowest BCUT2D eigenvalue weighted by Gasteiger charge is -2.20. The van der Waals surface area contributed by atoms with E-state index in [4.69, 9.17) is 0 Å². The van der Waals surface area contributed by atoms with E-state index in [0.29, 0.717) is 0 Å². The van der Waals surface area contributed by atoms with Gasteiger partial charge in [0.15, 0.2) is 0 Å². The van der Waals surface area contributed by atoms with Crippen molar-refractivity contribution >= 4 is 43.1 Å². The first-order valence-corrected chi connectivity index (χ1v) is 18.0. The summed E-state index contributed by atoms with van der Waals surface area (Å²) >= 11 is 0. The van der Waals surface area contributed by atoms with Gasteiger partial charge in [0.1, 0.15) is 0 Å². The van der Waals surface area contributed by atoms with Crippen LogP contribution in [0.2, 0.25) is 0 Å². The average Bonchev–Trinajstić information content (AvgIpc) is 3.22. The molecule has 0 N–H and O–H groups in total. The zero-order chi connectivity index (χ0) is 34.4. The Morgan fingerprint density at radius 3 is 1.35 bits per heavy atom. The minimum atomic E-state index is 1.21. The van der Waals surface area contributed by atoms with Gasteiger partial charge in [-0.05, 0) is 111 Å². The first-order chi connectivity index (χ1) is 25.8. The van der Waals surface area contributed by atoms with Crippen molar-refractivity contribution in [2.75, 3.05) is 0 Å². The summed E-state index contributed by atoms with van der Waals surface area (Å²) in [6.07, 6.45) is 0. The normalized spacial score (nSPS) is 11.5. The second-order valence-electron chi connectivity index (χ2n) is 13.6. The number of benzene rings is 10. The van der Waals surface area contributed by atoms with E-state index in [-0.39, 0.29) is 0 Å². The molecule has 0 fully saturated rings. The minimum Gasteiger partial charge on any atom is -0.0622 e. The van der Waals surface area contributed by atoms with Crippen molar-refractivity contribution < 1.29 is 0 Å². The van der Waals surface area contributed by atoms with Gasteiger partial charge >= 0.3 is 0 Å². The summed E-state index contributed by atoms with van der Waals surface area (Å²) in [6.45, 7) is 0. The van der Waals surface area contributed by atoms with Crippen molar-refractivity contribution in [2.45, 2.75) is 0 Å². The molecule has 0 aromatic heterocycles. The fraction of sp³-hybridized carbons (Fsp3) is 0. The molecule has 0 aliphatic carbocycles. The first kappa shape index (κ1) is 30.1. The van der Waals surface area contributed by atoms with Crippen LogP contribution in [0.25, 0.3) is 98.7 Å². The molecule has 10 aromatic carbocycles. The van der Waals surface area contributed by atoms with Crippen LogP contribution in [0.3, 0.4) is 0 Å². The van der Waals surface area contributed by atoms with Crippen molar-refractivity contribution in [3.8, 4) is 55.6 Å². The Bertz CT molecular complexity index is 2870. The zero-order valence-electron chi connectivity index (χ0n) is 28.6. The molecule has 0 nitrogen and oxygen atoms in total. The summed E-state index contributed by atoms with van der Waals surface area (Å²) in [7, 11) is 0. The van der Waals surface area contributed by atoms with Gasteiger partial charge in [0.25, 0.3) is 0 Å². The molecule has 0 spiro atoms. The topological polar surface area (TPSA) is 0 Å². The molecule has 0 unspecified atom stereocenters. The van der Waals surface area contributed by atoms with Gasteiger partial charge in [0, 0.05) is 0 Å². The third kappa shape index (κ3) is 5.00. The van der Waals surface area contributed by atoms with E-state index >= 15 is 0 Å². The van der Waals surface area contributed by atoms with Crippen molar-refractivity contribution in [3.05, 3.63) is 206 Å². The second kappa shape index (κ2) is 12.5. The largest absolute Gasteiger partial charge is 0.0622 e. The van der Waals surface area contributed by atoms with Gasteiger partial charge < -0.3 is 0 Å². The van der Waals surface area contributed by atoms with Gasteiger partial charge in [-0.3, -0.25) is 0 Å². The number of fused-ring (bicyclic) bond motifs is 4. The Kier molecular flexibility index (Phi) is 7.25. The van der Waals surface area contributed by atoms with E-state index in [0.717, 1.165) is 0 Å². The smallest absolute Gasteiger partial charge is 0.00261 e. The van der Waals surface area contributed by atoms with Gasteiger partial charge in [-0.25, -0.2) is 0 Å². The van der Waals surface area contributed by atoms with Crippen LogP contribution in [0, 0.1) is 0 Å². The quantitative estimate of drug-likeness (QED) is 0.161. The van der Waals surface area contributed by atoms with Gasteiger partial charge in [-0.2, -0.15) is 0 Å². The Labute approximate surface area is 303 Å². The lowest BCUT2D eigenvalue weighted by molar-refractivity contribution is 1.59. The molecule has 10 rings (SSSR count). The predicted molar refractivity (Wildman–Crippen MR) is 224 cm³/mol. The molecule has 242 valence electrons. The standard InChI is InChI=1S/C52H34/c1-3-15-35(16-4-1)39-21-13-22-40(33-39)52-48(43-28-14-20-36-17-7-8-23-42(36)43)32-31-37-29-30-41(34-49(37)52)51-46-26-11-9-24-44(46)50(38-18-5-2-6-19-38)45-25-10-12-27-47(45)51/h1-34H. The third-order valence-corrected chi connectivity index (χ3v) is 10.6. The number of hydrogen-bond donors (Lipinski definition) is 0. The number of hydrogen-bond acceptors (Lipinski definition) is 0. The minimum absolute atomic E-state index is 1.21. The Morgan fingerprint density at radius 1 is 0.192 bits per heavy atom. The van der Waals surface area contributed by atoms with Crippen LogP contribution in [0.5, 0.6) is 0 Å². The van der Waals surface area contributed by atoms with Crippen LogP contribution < -0.4 is 0 Å². The van der Waals surface area contributed by atoms with Gasteiger partial charge in [-0.1, -0.05) is 194 Å². The maximum Gasteiger partial charge on any atom is -0.00261 e. The van der Waals surface area contributed by atoms with Crippen molar-refractivity contribution in [1.82, 2.24) is 0 Å². The summed E-state index contributed by atoms with van der Waals surface area (Å²) in [6, 6.07) is 75.6. The van der Waals surface area contributed by atoms with Crippen LogP contribution in [0.1, 0.15) is 0 Å². The summed E-state index contributed by atoms with van der Waals surface area (Å²) in [5.41, 5.74) is 12.4. The second-order valence-corrected chi connectivity index (χ2v) is 13.6. The predicted octanol–water partition coefficient (Wildman–Crippen LogP) is 14.6. The third-order valence-electron chi connectivity index (χ3n) is 10.6. The van der Waals surface area contributed by atoms with Gasteiger partial charge in [-0.15, -0.1) is 0 Å².